The molecule has 3 aromatic carbocycles. The Morgan fingerprint density at radius 2 is 1.71 bits per heavy atom. The molecule has 0 aliphatic carbocycles. The lowest BCUT2D eigenvalue weighted by Crippen LogP contribution is -2.14. The van der Waals surface area contributed by atoms with Crippen LogP contribution in [-0.2, 0) is 11.0 Å². The number of carbonyl (C=O) groups excluding carboxylic acids is 2. The smallest absolute Gasteiger partial charge is 0.325 e. The van der Waals surface area contributed by atoms with Gasteiger partial charge in [-0.3, -0.25) is 9.59 Å². The molecule has 0 fully saturated rings. The fourth-order valence-corrected chi connectivity index (χ4v) is 4.89. The second kappa shape index (κ2) is 9.82. The van der Waals surface area contributed by atoms with E-state index in [1.165, 1.54) is 41.7 Å². The van der Waals surface area contributed by atoms with Gasteiger partial charge >= 0.3 is 6.18 Å². The van der Waals surface area contributed by atoms with E-state index in [0.717, 1.165) is 28.6 Å². The first-order valence-electron chi connectivity index (χ1n) is 9.75. The molecule has 2 N–H and O–H groups in total. The van der Waals surface area contributed by atoms with Gasteiger partial charge in [0.25, 0.3) is 5.91 Å². The molecule has 0 aliphatic rings. The molecular formula is C23H15F4N3O2S2. The fraction of sp³-hybridized carbons (Fsp3) is 0.0870. The third kappa shape index (κ3) is 5.72. The summed E-state index contributed by atoms with van der Waals surface area (Å²) in [7, 11) is 0. The zero-order valence-corrected chi connectivity index (χ0v) is 18.8. The van der Waals surface area contributed by atoms with Crippen molar-refractivity contribution < 1.29 is 27.2 Å². The van der Waals surface area contributed by atoms with Crippen LogP contribution in [0.3, 0.4) is 0 Å². The first kappa shape index (κ1) is 23.7. The van der Waals surface area contributed by atoms with E-state index >= 15 is 0 Å². The number of aromatic nitrogens is 1. The first-order chi connectivity index (χ1) is 16.2. The molecule has 0 radical (unpaired) electrons. The van der Waals surface area contributed by atoms with Crippen molar-refractivity contribution in [2.45, 2.75) is 10.5 Å². The number of rotatable bonds is 6. The number of nitrogens with zero attached hydrogens (tertiary/aromatic N) is 1. The molecule has 0 saturated heterocycles. The lowest BCUT2D eigenvalue weighted by atomic mass is 10.2. The fourth-order valence-electron chi connectivity index (χ4n) is 2.98. The minimum Gasteiger partial charge on any atom is -0.325 e. The van der Waals surface area contributed by atoms with E-state index in [0.29, 0.717) is 15.5 Å². The summed E-state index contributed by atoms with van der Waals surface area (Å²) in [4.78, 5) is 28.9. The lowest BCUT2D eigenvalue weighted by Gasteiger charge is -2.09. The van der Waals surface area contributed by atoms with Crippen molar-refractivity contribution in [2.75, 3.05) is 16.4 Å². The summed E-state index contributed by atoms with van der Waals surface area (Å²) in [6, 6.07) is 15.1. The molecule has 0 saturated carbocycles. The van der Waals surface area contributed by atoms with Crippen molar-refractivity contribution in [3.63, 3.8) is 0 Å². The quantitative estimate of drug-likeness (QED) is 0.234. The summed E-state index contributed by atoms with van der Waals surface area (Å²) in [6.45, 7) is 0. The SMILES string of the molecule is O=C(CSc1nc2ccc(NC(=O)c3ccccc3F)cc2s1)Nc1cccc(C(F)(F)F)c1. The standard InChI is InChI=1S/C23H15F4N3O2S2/c24-17-7-2-1-6-16(17)21(32)29-15-8-9-18-19(11-15)34-22(30-18)33-12-20(31)28-14-5-3-4-13(10-14)23(25,26)27/h1-11H,12H2,(H,28,31)(H,29,32). The Bertz CT molecular complexity index is 1370. The molecule has 0 unspecified atom stereocenters. The van der Waals surface area contributed by atoms with Crippen LogP contribution in [0.15, 0.2) is 71.1 Å². The number of hydrogen-bond acceptors (Lipinski definition) is 5. The van der Waals surface area contributed by atoms with Crippen LogP contribution >= 0.6 is 23.1 Å². The Morgan fingerprint density at radius 3 is 2.47 bits per heavy atom. The van der Waals surface area contributed by atoms with Crippen molar-refractivity contribution in [2.24, 2.45) is 0 Å². The molecule has 2 amide bonds. The van der Waals surface area contributed by atoms with Crippen molar-refractivity contribution >= 4 is 56.5 Å². The maximum Gasteiger partial charge on any atom is 0.416 e. The number of anilines is 2. The largest absolute Gasteiger partial charge is 0.416 e. The van der Waals surface area contributed by atoms with Gasteiger partial charge in [0.1, 0.15) is 5.82 Å². The highest BCUT2D eigenvalue weighted by atomic mass is 32.2. The number of thioether (sulfide) groups is 1. The molecular weight excluding hydrogens is 490 g/mol. The molecule has 5 nitrogen and oxygen atoms in total. The van der Waals surface area contributed by atoms with Gasteiger partial charge in [0.15, 0.2) is 4.34 Å². The molecule has 174 valence electrons. The normalized spacial score (nSPS) is 11.4. The van der Waals surface area contributed by atoms with Crippen molar-refractivity contribution in [3.05, 3.63) is 83.7 Å². The average molecular weight is 506 g/mol. The van der Waals surface area contributed by atoms with Crippen LogP contribution in [-0.4, -0.2) is 22.6 Å². The van der Waals surface area contributed by atoms with Gasteiger partial charge in [-0.15, -0.1) is 11.3 Å². The molecule has 0 bridgehead atoms. The zero-order valence-electron chi connectivity index (χ0n) is 17.2. The van der Waals surface area contributed by atoms with E-state index in [4.69, 9.17) is 0 Å². The van der Waals surface area contributed by atoms with E-state index in [2.05, 4.69) is 15.6 Å². The number of nitrogens with one attached hydrogen (secondary N) is 2. The van der Waals surface area contributed by atoms with Crippen molar-refractivity contribution in [1.82, 2.24) is 4.98 Å². The minimum atomic E-state index is -4.50. The second-order valence-corrected chi connectivity index (χ2v) is 9.26. The Morgan fingerprint density at radius 1 is 0.941 bits per heavy atom. The highest BCUT2D eigenvalue weighted by molar-refractivity contribution is 8.01. The summed E-state index contributed by atoms with van der Waals surface area (Å²) in [5.41, 5.74) is 0.245. The topological polar surface area (TPSA) is 71.1 Å². The highest BCUT2D eigenvalue weighted by Crippen LogP contribution is 2.32. The summed E-state index contributed by atoms with van der Waals surface area (Å²) in [5, 5.41) is 5.09. The van der Waals surface area contributed by atoms with Crippen molar-refractivity contribution in [3.8, 4) is 0 Å². The van der Waals surface area contributed by atoms with Gasteiger partial charge in [-0.25, -0.2) is 9.37 Å². The Balaban J connectivity index is 1.38. The van der Waals surface area contributed by atoms with Gasteiger partial charge in [-0.05, 0) is 48.5 Å². The van der Waals surface area contributed by atoms with Crippen LogP contribution < -0.4 is 10.6 Å². The summed E-state index contributed by atoms with van der Waals surface area (Å²) in [6.07, 6.45) is -4.50. The molecule has 11 heteroatoms. The third-order valence-electron chi connectivity index (χ3n) is 4.55. The number of halogens is 4. The molecule has 4 rings (SSSR count). The van der Waals surface area contributed by atoms with Gasteiger partial charge < -0.3 is 10.6 Å². The van der Waals surface area contributed by atoms with Crippen LogP contribution in [0.5, 0.6) is 0 Å². The third-order valence-corrected chi connectivity index (χ3v) is 6.71. The Kier molecular flexibility index (Phi) is 6.85. The predicted octanol–water partition coefficient (Wildman–Crippen LogP) is 6.44. The first-order valence-corrected chi connectivity index (χ1v) is 11.6. The van der Waals surface area contributed by atoms with Crippen molar-refractivity contribution in [1.29, 1.82) is 0 Å². The van der Waals surface area contributed by atoms with E-state index in [1.54, 1.807) is 24.3 Å². The predicted molar refractivity (Wildman–Crippen MR) is 125 cm³/mol. The average Bonchev–Trinajstić information content (AvgIpc) is 3.20. The van der Waals surface area contributed by atoms with Gasteiger partial charge in [0.05, 0.1) is 27.1 Å². The maximum absolute atomic E-state index is 13.8. The molecule has 0 spiro atoms. The zero-order chi connectivity index (χ0) is 24.3. The highest BCUT2D eigenvalue weighted by Gasteiger charge is 2.30. The summed E-state index contributed by atoms with van der Waals surface area (Å²) >= 11 is 2.43. The van der Waals surface area contributed by atoms with Gasteiger partial charge in [-0.1, -0.05) is 30.0 Å². The van der Waals surface area contributed by atoms with E-state index in [-0.39, 0.29) is 17.0 Å². The number of thiazole rings is 1. The van der Waals surface area contributed by atoms with Crippen LogP contribution in [0.1, 0.15) is 15.9 Å². The molecule has 4 aromatic rings. The Labute approximate surface area is 199 Å². The number of amides is 2. The van der Waals surface area contributed by atoms with Crippen LogP contribution in [0, 0.1) is 5.82 Å². The summed E-state index contributed by atoms with van der Waals surface area (Å²) in [5.74, 6) is -1.72. The summed E-state index contributed by atoms with van der Waals surface area (Å²) < 4.78 is 53.6. The number of carbonyl (C=O) groups is 2. The second-order valence-electron chi connectivity index (χ2n) is 7.01. The maximum atomic E-state index is 13.8. The number of hydrogen-bond donors (Lipinski definition) is 2. The van der Waals surface area contributed by atoms with E-state index < -0.39 is 29.4 Å². The molecule has 0 aliphatic heterocycles. The molecule has 0 atom stereocenters. The number of benzene rings is 3. The van der Waals surface area contributed by atoms with Gasteiger partial charge in [0.2, 0.25) is 5.91 Å². The van der Waals surface area contributed by atoms with Gasteiger partial charge in [-0.2, -0.15) is 13.2 Å². The van der Waals surface area contributed by atoms with Crippen LogP contribution in [0.2, 0.25) is 0 Å². The minimum absolute atomic E-state index is 0.0487. The van der Waals surface area contributed by atoms with E-state index in [9.17, 15) is 27.2 Å². The van der Waals surface area contributed by atoms with Gasteiger partial charge in [0, 0.05) is 11.4 Å². The van der Waals surface area contributed by atoms with Crippen LogP contribution in [0.4, 0.5) is 28.9 Å². The molecule has 1 heterocycles. The molecule has 34 heavy (non-hydrogen) atoms. The molecule has 1 aromatic heterocycles. The van der Waals surface area contributed by atoms with E-state index in [1.807, 2.05) is 0 Å². The number of alkyl halides is 3. The Hall–Kier alpha value is -3.44. The lowest BCUT2D eigenvalue weighted by molar-refractivity contribution is -0.137. The van der Waals surface area contributed by atoms with Crippen LogP contribution in [0.25, 0.3) is 10.2 Å². The number of fused-ring (bicyclic) bond motifs is 1. The monoisotopic (exact) mass is 505 g/mol.